The van der Waals surface area contributed by atoms with Crippen molar-refractivity contribution in [1.82, 2.24) is 16.0 Å². The van der Waals surface area contributed by atoms with Gasteiger partial charge in [-0.05, 0) is 28.7 Å². The maximum Gasteiger partial charge on any atom is 0.407 e. The largest absolute Gasteiger partial charge is 0.481 e. The lowest BCUT2D eigenvalue weighted by molar-refractivity contribution is -0.137. The van der Waals surface area contributed by atoms with E-state index in [1.165, 1.54) is 0 Å². The summed E-state index contributed by atoms with van der Waals surface area (Å²) in [6.07, 6.45) is -0.474. The van der Waals surface area contributed by atoms with Gasteiger partial charge in [0.05, 0.1) is 13.0 Å². The highest BCUT2D eigenvalue weighted by Gasteiger charge is 2.29. The molecule has 0 fully saturated rings. The van der Waals surface area contributed by atoms with Crippen molar-refractivity contribution in [3.05, 3.63) is 59.7 Å². The first-order valence-electron chi connectivity index (χ1n) is 10.8. The van der Waals surface area contributed by atoms with Crippen molar-refractivity contribution >= 4 is 23.9 Å². The third-order valence-electron chi connectivity index (χ3n) is 5.46. The van der Waals surface area contributed by atoms with E-state index in [0.29, 0.717) is 6.42 Å². The number of carbonyl (C=O) groups is 4. The number of ether oxygens (including phenoxy) is 1. The van der Waals surface area contributed by atoms with Crippen molar-refractivity contribution in [1.29, 1.82) is 0 Å². The Kier molecular flexibility index (Phi) is 8.01. The van der Waals surface area contributed by atoms with E-state index in [9.17, 15) is 19.2 Å². The van der Waals surface area contributed by atoms with E-state index in [1.54, 1.807) is 6.92 Å². The molecule has 1 aliphatic rings. The highest BCUT2D eigenvalue weighted by molar-refractivity contribution is 5.87. The van der Waals surface area contributed by atoms with Gasteiger partial charge < -0.3 is 25.8 Å². The summed E-state index contributed by atoms with van der Waals surface area (Å²) < 4.78 is 5.35. The van der Waals surface area contributed by atoms with Crippen LogP contribution < -0.4 is 16.0 Å². The van der Waals surface area contributed by atoms with Crippen LogP contribution in [0.25, 0.3) is 11.1 Å². The summed E-state index contributed by atoms with van der Waals surface area (Å²) >= 11 is 0. The van der Waals surface area contributed by atoms with Gasteiger partial charge in [0.15, 0.2) is 0 Å². The fraction of sp³-hybridized carbons (Fsp3) is 0.333. The van der Waals surface area contributed by atoms with Gasteiger partial charge in [0.25, 0.3) is 0 Å². The number of carbonyl (C=O) groups excluding carboxylic acids is 3. The monoisotopic (exact) mass is 453 g/mol. The molecule has 0 saturated heterocycles. The van der Waals surface area contributed by atoms with E-state index < -0.39 is 29.9 Å². The first-order valence-corrected chi connectivity index (χ1v) is 10.8. The van der Waals surface area contributed by atoms with E-state index >= 15 is 0 Å². The molecule has 0 spiro atoms. The van der Waals surface area contributed by atoms with Crippen molar-refractivity contribution in [2.45, 2.75) is 31.7 Å². The number of rotatable bonds is 10. The lowest BCUT2D eigenvalue weighted by Gasteiger charge is -2.15. The van der Waals surface area contributed by atoms with Crippen LogP contribution in [0.5, 0.6) is 0 Å². The van der Waals surface area contributed by atoms with E-state index in [0.717, 1.165) is 22.3 Å². The minimum absolute atomic E-state index is 0.0852. The molecule has 33 heavy (non-hydrogen) atoms. The summed E-state index contributed by atoms with van der Waals surface area (Å²) in [5.41, 5.74) is 4.41. The lowest BCUT2D eigenvalue weighted by Crippen LogP contribution is -2.45. The highest BCUT2D eigenvalue weighted by Crippen LogP contribution is 2.44. The zero-order valence-electron chi connectivity index (χ0n) is 18.3. The zero-order chi connectivity index (χ0) is 23.8. The Labute approximate surface area is 191 Å². The highest BCUT2D eigenvalue weighted by atomic mass is 16.5. The van der Waals surface area contributed by atoms with Gasteiger partial charge in [0.1, 0.15) is 13.2 Å². The summed E-state index contributed by atoms with van der Waals surface area (Å²) in [6, 6.07) is 15.4. The summed E-state index contributed by atoms with van der Waals surface area (Å²) in [4.78, 5) is 46.6. The van der Waals surface area contributed by atoms with Gasteiger partial charge in [-0.15, -0.1) is 0 Å². The number of hydrogen-bond donors (Lipinski definition) is 4. The van der Waals surface area contributed by atoms with Crippen molar-refractivity contribution in [3.63, 3.8) is 0 Å². The van der Waals surface area contributed by atoms with Gasteiger partial charge in [-0.3, -0.25) is 14.4 Å². The fourth-order valence-electron chi connectivity index (χ4n) is 3.83. The Morgan fingerprint density at radius 3 is 2.06 bits per heavy atom. The molecular weight excluding hydrogens is 426 g/mol. The molecule has 2 aromatic rings. The van der Waals surface area contributed by atoms with E-state index in [1.807, 2.05) is 48.5 Å². The molecule has 0 aromatic heterocycles. The van der Waals surface area contributed by atoms with Crippen LogP contribution in [0.1, 0.15) is 36.8 Å². The molecule has 9 nitrogen and oxygen atoms in total. The Morgan fingerprint density at radius 1 is 0.909 bits per heavy atom. The van der Waals surface area contributed by atoms with Crippen molar-refractivity contribution in [2.24, 2.45) is 0 Å². The molecule has 1 aliphatic carbocycles. The molecule has 0 aliphatic heterocycles. The predicted octanol–water partition coefficient (Wildman–Crippen LogP) is 2.01. The van der Waals surface area contributed by atoms with E-state index in [4.69, 9.17) is 9.84 Å². The average Bonchev–Trinajstić information content (AvgIpc) is 3.13. The molecular formula is C24H27N3O6. The SMILES string of the molecule is CCC(CC(=O)O)NC(=O)CNC(=O)CNC(=O)OCC1c2ccccc2-c2ccccc21. The number of aliphatic carboxylic acids is 1. The number of fused-ring (bicyclic) bond motifs is 3. The number of amides is 3. The van der Waals surface area contributed by atoms with Crippen molar-refractivity contribution in [3.8, 4) is 11.1 Å². The molecule has 0 radical (unpaired) electrons. The second-order valence-electron chi connectivity index (χ2n) is 7.73. The standard InChI is InChI=1S/C24H27N3O6/c1-2-15(11-23(30)31)27-22(29)13-25-21(28)12-26-24(32)33-14-20-18-9-5-3-7-16(18)17-8-4-6-10-19(17)20/h3-10,15,20H,2,11-14H2,1H3,(H,25,28)(H,26,32)(H,27,29)(H,30,31). The minimum Gasteiger partial charge on any atom is -0.481 e. The van der Waals surface area contributed by atoms with Crippen LogP contribution in [0.4, 0.5) is 4.79 Å². The molecule has 1 unspecified atom stereocenters. The molecule has 0 heterocycles. The number of hydrogen-bond acceptors (Lipinski definition) is 5. The van der Waals surface area contributed by atoms with Gasteiger partial charge in [0.2, 0.25) is 11.8 Å². The van der Waals surface area contributed by atoms with Crippen LogP contribution in [0.3, 0.4) is 0 Å². The van der Waals surface area contributed by atoms with E-state index in [2.05, 4.69) is 16.0 Å². The maximum absolute atomic E-state index is 12.1. The van der Waals surface area contributed by atoms with Crippen LogP contribution in [0.2, 0.25) is 0 Å². The van der Waals surface area contributed by atoms with Crippen molar-refractivity contribution in [2.75, 3.05) is 19.7 Å². The van der Waals surface area contributed by atoms with Crippen LogP contribution in [0, 0.1) is 0 Å². The van der Waals surface area contributed by atoms with Gasteiger partial charge in [-0.25, -0.2) is 4.79 Å². The topological polar surface area (TPSA) is 134 Å². The second-order valence-corrected chi connectivity index (χ2v) is 7.73. The van der Waals surface area contributed by atoms with Crippen LogP contribution in [0.15, 0.2) is 48.5 Å². The maximum atomic E-state index is 12.1. The number of benzene rings is 2. The molecule has 4 N–H and O–H groups in total. The molecule has 1 atom stereocenters. The van der Waals surface area contributed by atoms with Crippen LogP contribution >= 0.6 is 0 Å². The Morgan fingerprint density at radius 2 is 1.48 bits per heavy atom. The quantitative estimate of drug-likeness (QED) is 0.435. The molecule has 3 amide bonds. The first kappa shape index (κ1) is 23.8. The Hall–Kier alpha value is -3.88. The van der Waals surface area contributed by atoms with Crippen LogP contribution in [-0.4, -0.2) is 54.7 Å². The number of nitrogens with one attached hydrogen (secondary N) is 3. The zero-order valence-corrected chi connectivity index (χ0v) is 18.3. The number of carboxylic acids is 1. The molecule has 2 aromatic carbocycles. The third-order valence-corrected chi connectivity index (χ3v) is 5.46. The lowest BCUT2D eigenvalue weighted by atomic mass is 9.98. The minimum atomic E-state index is -1.02. The van der Waals surface area contributed by atoms with Crippen molar-refractivity contribution < 1.29 is 29.0 Å². The molecule has 0 saturated carbocycles. The summed E-state index contributed by atoms with van der Waals surface area (Å²) in [7, 11) is 0. The second kappa shape index (κ2) is 11.1. The number of carboxylic acid groups (broad SMARTS) is 1. The van der Waals surface area contributed by atoms with E-state index in [-0.39, 0.29) is 32.0 Å². The fourth-order valence-corrected chi connectivity index (χ4v) is 3.83. The average molecular weight is 453 g/mol. The summed E-state index contributed by atoms with van der Waals surface area (Å²) in [5.74, 6) is -2.17. The Balaban J connectivity index is 1.42. The third kappa shape index (κ3) is 6.31. The molecule has 0 bridgehead atoms. The normalized spacial score (nSPS) is 12.8. The smallest absolute Gasteiger partial charge is 0.407 e. The van der Waals surface area contributed by atoms with Gasteiger partial charge in [0, 0.05) is 12.0 Å². The van der Waals surface area contributed by atoms with Gasteiger partial charge in [-0.2, -0.15) is 0 Å². The van der Waals surface area contributed by atoms with Gasteiger partial charge >= 0.3 is 12.1 Å². The van der Waals surface area contributed by atoms with Gasteiger partial charge in [-0.1, -0.05) is 55.5 Å². The molecule has 174 valence electrons. The Bertz CT molecular complexity index is 993. The van der Waals surface area contributed by atoms with Crippen LogP contribution in [-0.2, 0) is 19.1 Å². The summed E-state index contributed by atoms with van der Waals surface area (Å²) in [5, 5.41) is 16.1. The molecule has 3 rings (SSSR count). The number of alkyl carbamates (subject to hydrolysis) is 1. The molecule has 9 heteroatoms. The predicted molar refractivity (Wildman–Crippen MR) is 121 cm³/mol. The first-order chi connectivity index (χ1) is 15.9. The summed E-state index contributed by atoms with van der Waals surface area (Å²) in [6.45, 7) is 1.22.